The molecule has 1 aliphatic heterocycles. The molecule has 1 atom stereocenters. The van der Waals surface area contributed by atoms with Gasteiger partial charge in [0.2, 0.25) is 5.95 Å². The van der Waals surface area contributed by atoms with E-state index >= 15 is 0 Å². The molecule has 0 aliphatic carbocycles. The maximum atomic E-state index is 13.5. The van der Waals surface area contributed by atoms with Crippen LogP contribution in [0.4, 0.5) is 11.6 Å². The Morgan fingerprint density at radius 3 is 2.66 bits per heavy atom. The van der Waals surface area contributed by atoms with E-state index in [1.807, 2.05) is 57.2 Å². The lowest BCUT2D eigenvalue weighted by Gasteiger charge is -2.29. The fourth-order valence-electron chi connectivity index (χ4n) is 3.92. The number of carbonyl (C=O) groups excluding carboxylic acids is 1. The maximum absolute atomic E-state index is 13.5. The summed E-state index contributed by atoms with van der Waals surface area (Å²) < 4.78 is 7.55. The van der Waals surface area contributed by atoms with E-state index in [-0.39, 0.29) is 5.91 Å². The largest absolute Gasteiger partial charge is 0.494 e. The highest BCUT2D eigenvalue weighted by molar-refractivity contribution is 6.06. The average molecular weight is 432 g/mol. The Balaban J connectivity index is 1.66. The Bertz CT molecular complexity index is 1150. The highest BCUT2D eigenvalue weighted by Crippen LogP contribution is 2.36. The first kappa shape index (κ1) is 21.6. The van der Waals surface area contributed by atoms with Gasteiger partial charge in [-0.3, -0.25) is 4.79 Å². The van der Waals surface area contributed by atoms with Gasteiger partial charge in [0.05, 0.1) is 12.2 Å². The quantitative estimate of drug-likeness (QED) is 0.515. The van der Waals surface area contributed by atoms with Crippen molar-refractivity contribution in [3.63, 3.8) is 0 Å². The first-order chi connectivity index (χ1) is 15.5. The molecule has 0 fully saturated rings. The van der Waals surface area contributed by atoms with Crippen molar-refractivity contribution in [3.8, 4) is 5.75 Å². The number of nitrogens with zero attached hydrogens (tertiary/aromatic N) is 3. The van der Waals surface area contributed by atoms with Crippen LogP contribution in [-0.4, -0.2) is 27.3 Å². The molecule has 166 valence electrons. The van der Waals surface area contributed by atoms with Gasteiger partial charge in [-0.2, -0.15) is 10.1 Å². The summed E-state index contributed by atoms with van der Waals surface area (Å²) in [6.07, 6.45) is 3.60. The molecule has 1 aromatic heterocycles. The predicted octanol–water partition coefficient (Wildman–Crippen LogP) is 5.00. The van der Waals surface area contributed by atoms with Gasteiger partial charge in [-0.1, -0.05) is 43.2 Å². The molecule has 1 amide bonds. The molecule has 1 aliphatic rings. The number of carbonyl (C=O) groups is 1. The van der Waals surface area contributed by atoms with Crippen LogP contribution >= 0.6 is 0 Å². The minimum atomic E-state index is -0.399. The second-order valence-corrected chi connectivity index (χ2v) is 8.14. The molecule has 0 saturated heterocycles. The topological polar surface area (TPSA) is 81.1 Å². The normalized spacial score (nSPS) is 15.2. The molecule has 2 aromatic carbocycles. The van der Waals surface area contributed by atoms with Crippen LogP contribution < -0.4 is 15.4 Å². The van der Waals surface area contributed by atoms with Gasteiger partial charge < -0.3 is 15.4 Å². The number of hydrogen-bond donors (Lipinski definition) is 2. The fourth-order valence-corrected chi connectivity index (χ4v) is 3.92. The Labute approximate surface area is 188 Å². The number of aromatic nitrogens is 3. The van der Waals surface area contributed by atoms with Crippen LogP contribution in [0.15, 0.2) is 60.1 Å². The van der Waals surface area contributed by atoms with Gasteiger partial charge in [-0.25, -0.2) is 4.68 Å². The summed E-state index contributed by atoms with van der Waals surface area (Å²) in [5.41, 5.74) is 5.26. The summed E-state index contributed by atoms with van der Waals surface area (Å²) in [7, 11) is 0. The molecular weight excluding hydrogens is 402 g/mol. The van der Waals surface area contributed by atoms with E-state index < -0.39 is 6.04 Å². The second kappa shape index (κ2) is 9.26. The lowest BCUT2D eigenvalue weighted by Crippen LogP contribution is -2.31. The highest BCUT2D eigenvalue weighted by Gasteiger charge is 2.33. The number of rotatable bonds is 7. The zero-order valence-electron chi connectivity index (χ0n) is 19.0. The van der Waals surface area contributed by atoms with Crippen LogP contribution in [0, 0.1) is 13.8 Å². The van der Waals surface area contributed by atoms with Gasteiger partial charge in [0.15, 0.2) is 0 Å². The number of unbranched alkanes of at least 4 members (excludes halogenated alkanes) is 1. The van der Waals surface area contributed by atoms with E-state index in [2.05, 4.69) is 33.7 Å². The van der Waals surface area contributed by atoms with E-state index in [0.29, 0.717) is 18.1 Å². The van der Waals surface area contributed by atoms with E-state index in [0.717, 1.165) is 46.7 Å². The van der Waals surface area contributed by atoms with Gasteiger partial charge in [0.25, 0.3) is 5.91 Å². The van der Waals surface area contributed by atoms with E-state index in [1.54, 1.807) is 4.68 Å². The van der Waals surface area contributed by atoms with Gasteiger partial charge >= 0.3 is 0 Å². The van der Waals surface area contributed by atoms with Crippen molar-refractivity contribution in [2.24, 2.45) is 0 Å². The molecule has 4 rings (SSSR count). The SMILES string of the molecule is CCCCOc1ccc([C@H]2C(C(=O)Nc3ccc(C)cc3C)=C(C)Nc3ncnn32)cc1. The number of fused-ring (bicyclic) bond motifs is 1. The molecule has 2 heterocycles. The summed E-state index contributed by atoms with van der Waals surface area (Å²) in [6.45, 7) is 8.75. The van der Waals surface area contributed by atoms with Crippen molar-refractivity contribution in [1.29, 1.82) is 0 Å². The number of allylic oxidation sites excluding steroid dienone is 1. The van der Waals surface area contributed by atoms with Crippen LogP contribution in [0.2, 0.25) is 0 Å². The summed E-state index contributed by atoms with van der Waals surface area (Å²) in [5.74, 6) is 1.26. The number of aryl methyl sites for hydroxylation is 2. The Kier molecular flexibility index (Phi) is 6.25. The van der Waals surface area contributed by atoms with Crippen LogP contribution in [0.5, 0.6) is 5.75 Å². The van der Waals surface area contributed by atoms with Crippen LogP contribution in [0.1, 0.15) is 49.4 Å². The molecule has 0 unspecified atom stereocenters. The standard InChI is InChI=1S/C25H29N5O2/c1-5-6-13-32-20-10-8-19(9-11-20)23-22(18(4)28-25-26-15-27-30(23)25)24(31)29-21-12-7-16(2)14-17(21)3/h7-12,14-15,23H,5-6,13H2,1-4H3,(H,29,31)(H,26,27,28)/t23-/m0/s1. The monoisotopic (exact) mass is 431 g/mol. The van der Waals surface area contributed by atoms with Crippen molar-refractivity contribution in [2.45, 2.75) is 46.6 Å². The molecule has 0 spiro atoms. The number of benzene rings is 2. The lowest BCUT2D eigenvalue weighted by molar-refractivity contribution is -0.113. The molecule has 0 bridgehead atoms. The zero-order valence-corrected chi connectivity index (χ0v) is 19.0. The molecular formula is C25H29N5O2. The van der Waals surface area contributed by atoms with E-state index in [9.17, 15) is 4.79 Å². The Hall–Kier alpha value is -3.61. The number of anilines is 2. The lowest BCUT2D eigenvalue weighted by atomic mass is 9.94. The number of hydrogen-bond acceptors (Lipinski definition) is 5. The molecule has 3 aromatic rings. The fraction of sp³-hybridized carbons (Fsp3) is 0.320. The third kappa shape index (κ3) is 4.37. The molecule has 0 saturated carbocycles. The minimum Gasteiger partial charge on any atom is -0.494 e. The van der Waals surface area contributed by atoms with Gasteiger partial charge in [-0.15, -0.1) is 0 Å². The Morgan fingerprint density at radius 2 is 1.94 bits per heavy atom. The third-order valence-electron chi connectivity index (χ3n) is 5.63. The molecule has 7 nitrogen and oxygen atoms in total. The third-order valence-corrected chi connectivity index (χ3v) is 5.63. The van der Waals surface area contributed by atoms with Gasteiger partial charge in [0, 0.05) is 11.4 Å². The highest BCUT2D eigenvalue weighted by atomic mass is 16.5. The van der Waals surface area contributed by atoms with Crippen molar-refractivity contribution in [1.82, 2.24) is 14.8 Å². The van der Waals surface area contributed by atoms with Crippen molar-refractivity contribution in [3.05, 3.63) is 76.8 Å². The first-order valence-corrected chi connectivity index (χ1v) is 11.0. The van der Waals surface area contributed by atoms with Crippen LogP contribution in [0.3, 0.4) is 0 Å². The van der Waals surface area contributed by atoms with Gasteiger partial charge in [-0.05, 0) is 56.5 Å². The van der Waals surface area contributed by atoms with Gasteiger partial charge in [0.1, 0.15) is 18.1 Å². The van der Waals surface area contributed by atoms with E-state index in [1.165, 1.54) is 6.33 Å². The second-order valence-electron chi connectivity index (χ2n) is 8.14. The van der Waals surface area contributed by atoms with Crippen LogP contribution in [-0.2, 0) is 4.79 Å². The van der Waals surface area contributed by atoms with Crippen LogP contribution in [0.25, 0.3) is 0 Å². The summed E-state index contributed by atoms with van der Waals surface area (Å²) in [6, 6.07) is 13.4. The number of nitrogens with one attached hydrogen (secondary N) is 2. The zero-order chi connectivity index (χ0) is 22.7. The summed E-state index contributed by atoms with van der Waals surface area (Å²) in [4.78, 5) is 17.8. The van der Waals surface area contributed by atoms with E-state index in [4.69, 9.17) is 4.74 Å². The predicted molar refractivity (Wildman–Crippen MR) is 126 cm³/mol. The van der Waals surface area contributed by atoms with Crippen molar-refractivity contribution < 1.29 is 9.53 Å². The first-order valence-electron chi connectivity index (χ1n) is 11.0. The maximum Gasteiger partial charge on any atom is 0.255 e. The minimum absolute atomic E-state index is 0.170. The van der Waals surface area contributed by atoms with Crippen molar-refractivity contribution in [2.75, 3.05) is 17.2 Å². The average Bonchev–Trinajstić information content (AvgIpc) is 3.23. The molecule has 32 heavy (non-hydrogen) atoms. The number of ether oxygens (including phenoxy) is 1. The Morgan fingerprint density at radius 1 is 1.16 bits per heavy atom. The summed E-state index contributed by atoms with van der Waals surface area (Å²) in [5, 5.41) is 10.7. The molecule has 2 N–H and O–H groups in total. The molecule has 0 radical (unpaired) electrons. The smallest absolute Gasteiger partial charge is 0.255 e. The molecule has 7 heteroatoms. The van der Waals surface area contributed by atoms with Crippen molar-refractivity contribution >= 4 is 17.5 Å². The summed E-state index contributed by atoms with van der Waals surface area (Å²) >= 11 is 0. The number of amides is 1.